The van der Waals surface area contributed by atoms with E-state index in [0.717, 1.165) is 15.4 Å². The first-order valence-electron chi connectivity index (χ1n) is 7.57. The number of halogens is 1. The molecular weight excluding hydrogens is 374 g/mol. The highest BCUT2D eigenvalue weighted by atomic mass is 79.9. The van der Waals surface area contributed by atoms with Crippen LogP contribution in [0.1, 0.15) is 27.2 Å². The minimum atomic E-state index is -0.763. The van der Waals surface area contributed by atoms with Gasteiger partial charge in [-0.1, -0.05) is 12.1 Å². The molecule has 0 radical (unpaired) electrons. The molecule has 2 aromatic rings. The van der Waals surface area contributed by atoms with Gasteiger partial charge in [0, 0.05) is 16.1 Å². The average Bonchev–Trinajstić information content (AvgIpc) is 2.51. The van der Waals surface area contributed by atoms with Crippen LogP contribution in [0.2, 0.25) is 0 Å². The Hall–Kier alpha value is -2.15. The van der Waals surface area contributed by atoms with E-state index < -0.39 is 11.6 Å². The summed E-state index contributed by atoms with van der Waals surface area (Å²) in [6.07, 6.45) is 2.86. The summed E-state index contributed by atoms with van der Waals surface area (Å²) in [6.45, 7) is 5.34. The molecule has 1 aromatic carbocycles. The molecule has 1 heterocycles. The van der Waals surface area contributed by atoms with E-state index in [4.69, 9.17) is 9.94 Å². The summed E-state index contributed by atoms with van der Waals surface area (Å²) in [5, 5.41) is 15.3. The van der Waals surface area contributed by atoms with Gasteiger partial charge in [0.2, 0.25) is 0 Å². The Morgan fingerprint density at radius 3 is 2.92 bits per heavy atom. The van der Waals surface area contributed by atoms with Gasteiger partial charge >= 0.3 is 0 Å². The maximum Gasteiger partial charge on any atom is 0.261 e. The van der Waals surface area contributed by atoms with Crippen LogP contribution in [0.25, 0.3) is 10.9 Å². The smallest absolute Gasteiger partial charge is 0.261 e. The van der Waals surface area contributed by atoms with Crippen LogP contribution in [0.5, 0.6) is 5.75 Å². The van der Waals surface area contributed by atoms with Crippen molar-refractivity contribution in [1.29, 1.82) is 0 Å². The summed E-state index contributed by atoms with van der Waals surface area (Å²) in [4.78, 5) is 16.7. The SMILES string of the molecule is CCC(Oc1ccc2ncc(Br)cc2c1)C(=O)NC(C)(C)C=NO. The molecule has 0 saturated carbocycles. The first-order chi connectivity index (χ1) is 11.3. The third-order valence-corrected chi connectivity index (χ3v) is 3.82. The fourth-order valence-corrected chi connectivity index (χ4v) is 2.57. The summed E-state index contributed by atoms with van der Waals surface area (Å²) in [7, 11) is 0. The highest BCUT2D eigenvalue weighted by Gasteiger charge is 2.25. The van der Waals surface area contributed by atoms with Gasteiger partial charge in [-0.05, 0) is 60.5 Å². The Balaban J connectivity index is 2.16. The molecule has 2 N–H and O–H groups in total. The number of oxime groups is 1. The number of carbonyl (C=O) groups excluding carboxylic acids is 1. The van der Waals surface area contributed by atoms with Crippen LogP contribution in [-0.4, -0.2) is 34.0 Å². The van der Waals surface area contributed by atoms with Crippen LogP contribution in [0.15, 0.2) is 40.1 Å². The van der Waals surface area contributed by atoms with E-state index in [-0.39, 0.29) is 5.91 Å². The maximum atomic E-state index is 12.4. The van der Waals surface area contributed by atoms with E-state index in [2.05, 4.69) is 31.4 Å². The number of nitrogens with zero attached hydrogens (tertiary/aromatic N) is 2. The Morgan fingerprint density at radius 2 is 2.25 bits per heavy atom. The molecular formula is C17H20BrN3O3. The number of amides is 1. The largest absolute Gasteiger partial charge is 0.481 e. The molecule has 0 bridgehead atoms. The van der Waals surface area contributed by atoms with Gasteiger partial charge in [-0.3, -0.25) is 9.78 Å². The van der Waals surface area contributed by atoms with Gasteiger partial charge < -0.3 is 15.3 Å². The maximum absolute atomic E-state index is 12.4. The van der Waals surface area contributed by atoms with Crippen molar-refractivity contribution >= 4 is 39.0 Å². The van der Waals surface area contributed by atoms with E-state index in [0.29, 0.717) is 12.2 Å². The van der Waals surface area contributed by atoms with Gasteiger partial charge in [0.1, 0.15) is 5.75 Å². The minimum absolute atomic E-state index is 0.269. The molecule has 6 nitrogen and oxygen atoms in total. The van der Waals surface area contributed by atoms with Gasteiger partial charge in [-0.15, -0.1) is 0 Å². The normalized spacial score (nSPS) is 13.2. The van der Waals surface area contributed by atoms with Crippen molar-refractivity contribution in [2.45, 2.75) is 38.8 Å². The van der Waals surface area contributed by atoms with Crippen molar-refractivity contribution in [2.75, 3.05) is 0 Å². The number of nitrogens with one attached hydrogen (secondary N) is 1. The number of pyridine rings is 1. The highest BCUT2D eigenvalue weighted by molar-refractivity contribution is 9.10. The van der Waals surface area contributed by atoms with Crippen molar-refractivity contribution in [3.8, 4) is 5.75 Å². The third-order valence-electron chi connectivity index (χ3n) is 3.39. The quantitative estimate of drug-likeness (QED) is 0.446. The molecule has 7 heteroatoms. The van der Waals surface area contributed by atoms with E-state index in [9.17, 15) is 4.79 Å². The van der Waals surface area contributed by atoms with E-state index in [1.165, 1.54) is 6.21 Å². The molecule has 1 amide bonds. The second-order valence-electron chi connectivity index (χ2n) is 5.98. The molecule has 128 valence electrons. The van der Waals surface area contributed by atoms with Gasteiger partial charge in [-0.2, -0.15) is 0 Å². The second-order valence-corrected chi connectivity index (χ2v) is 6.89. The molecule has 0 fully saturated rings. The van der Waals surface area contributed by atoms with Crippen LogP contribution in [0.3, 0.4) is 0 Å². The number of rotatable bonds is 6. The number of hydrogen-bond acceptors (Lipinski definition) is 5. The lowest BCUT2D eigenvalue weighted by atomic mass is 10.1. The first-order valence-corrected chi connectivity index (χ1v) is 8.36. The van der Waals surface area contributed by atoms with E-state index in [1.807, 2.05) is 25.1 Å². The van der Waals surface area contributed by atoms with Crippen LogP contribution < -0.4 is 10.1 Å². The number of carbonyl (C=O) groups is 1. The standard InChI is InChI=1S/C17H20BrN3O3/c1-4-15(16(22)21-17(2,3)10-20-23)24-13-5-6-14-11(8-13)7-12(18)9-19-14/h5-10,15,23H,4H2,1-3H3,(H,21,22). The Labute approximate surface area is 149 Å². The Kier molecular flexibility index (Phi) is 5.77. The lowest BCUT2D eigenvalue weighted by Crippen LogP contribution is -2.50. The number of aromatic nitrogens is 1. The van der Waals surface area contributed by atoms with E-state index >= 15 is 0 Å². The number of ether oxygens (including phenoxy) is 1. The molecule has 2 rings (SSSR count). The predicted octanol–water partition coefficient (Wildman–Crippen LogP) is 3.51. The lowest BCUT2D eigenvalue weighted by Gasteiger charge is -2.24. The monoisotopic (exact) mass is 393 g/mol. The Morgan fingerprint density at radius 1 is 1.50 bits per heavy atom. The summed E-state index contributed by atoms with van der Waals surface area (Å²) in [6, 6.07) is 7.43. The van der Waals surface area contributed by atoms with Crippen LogP contribution in [0.4, 0.5) is 0 Å². The molecule has 1 aromatic heterocycles. The van der Waals surface area contributed by atoms with Crippen molar-refractivity contribution in [3.05, 3.63) is 34.9 Å². The van der Waals surface area contributed by atoms with Gasteiger partial charge in [0.25, 0.3) is 5.91 Å². The zero-order chi connectivity index (χ0) is 17.7. The topological polar surface area (TPSA) is 83.8 Å². The van der Waals surface area contributed by atoms with Crippen LogP contribution in [-0.2, 0) is 4.79 Å². The average molecular weight is 394 g/mol. The number of benzene rings is 1. The molecule has 1 atom stereocenters. The van der Waals surface area contributed by atoms with Gasteiger partial charge in [-0.25, -0.2) is 0 Å². The lowest BCUT2D eigenvalue weighted by molar-refractivity contribution is -0.129. The van der Waals surface area contributed by atoms with Gasteiger partial charge in [0.15, 0.2) is 6.10 Å². The van der Waals surface area contributed by atoms with Crippen LogP contribution >= 0.6 is 15.9 Å². The molecule has 1 unspecified atom stereocenters. The summed E-state index contributed by atoms with van der Waals surface area (Å²) >= 11 is 3.39. The number of hydrogen-bond donors (Lipinski definition) is 2. The molecule has 24 heavy (non-hydrogen) atoms. The molecule has 0 aliphatic carbocycles. The van der Waals surface area contributed by atoms with Crippen molar-refractivity contribution in [3.63, 3.8) is 0 Å². The van der Waals surface area contributed by atoms with Gasteiger partial charge in [0.05, 0.1) is 17.3 Å². The molecule has 0 saturated heterocycles. The fourth-order valence-electron chi connectivity index (χ4n) is 2.22. The third kappa shape index (κ3) is 4.67. The summed E-state index contributed by atoms with van der Waals surface area (Å²) in [5.41, 5.74) is 0.0872. The summed E-state index contributed by atoms with van der Waals surface area (Å²) < 4.78 is 6.71. The van der Waals surface area contributed by atoms with E-state index in [1.54, 1.807) is 26.1 Å². The zero-order valence-corrected chi connectivity index (χ0v) is 15.4. The van der Waals surface area contributed by atoms with Crippen LogP contribution in [0, 0.1) is 0 Å². The summed E-state index contributed by atoms with van der Waals surface area (Å²) in [5.74, 6) is 0.327. The molecule has 0 spiro atoms. The Bertz CT molecular complexity index is 762. The second kappa shape index (κ2) is 7.61. The minimum Gasteiger partial charge on any atom is -0.481 e. The molecule has 0 aliphatic rings. The first kappa shape index (κ1) is 18.2. The highest BCUT2D eigenvalue weighted by Crippen LogP contribution is 2.23. The van der Waals surface area contributed by atoms with Crippen molar-refractivity contribution in [2.24, 2.45) is 5.16 Å². The van der Waals surface area contributed by atoms with Crippen molar-refractivity contribution < 1.29 is 14.7 Å². The number of fused-ring (bicyclic) bond motifs is 1. The molecule has 0 aliphatic heterocycles. The van der Waals surface area contributed by atoms with Crippen molar-refractivity contribution in [1.82, 2.24) is 10.3 Å². The zero-order valence-electron chi connectivity index (χ0n) is 13.8. The predicted molar refractivity (Wildman–Crippen MR) is 96.7 cm³/mol. The fraction of sp³-hybridized carbons (Fsp3) is 0.353.